The Hall–Kier alpha value is -0.730. The Bertz CT molecular complexity index is 356. The first-order valence-electron chi connectivity index (χ1n) is 6.27. The number of hydrogen-bond donors (Lipinski definition) is 0. The van der Waals surface area contributed by atoms with Gasteiger partial charge >= 0.3 is 0 Å². The van der Waals surface area contributed by atoms with Crippen LogP contribution in [0.5, 0.6) is 5.75 Å². The van der Waals surface area contributed by atoms with Crippen molar-refractivity contribution in [2.45, 2.75) is 31.8 Å². The lowest BCUT2D eigenvalue weighted by Crippen LogP contribution is -2.40. The maximum absolute atomic E-state index is 6.04. The van der Waals surface area contributed by atoms with Crippen molar-refractivity contribution < 1.29 is 4.74 Å². The van der Waals surface area contributed by atoms with E-state index in [9.17, 15) is 0 Å². The molecule has 2 rings (SSSR count). The third-order valence-electron chi connectivity index (χ3n) is 3.49. The van der Waals surface area contributed by atoms with Crippen molar-refractivity contribution >= 4 is 11.6 Å². The van der Waals surface area contributed by atoms with Gasteiger partial charge in [0.15, 0.2) is 0 Å². The number of alkyl halides is 1. The van der Waals surface area contributed by atoms with Crippen LogP contribution in [-0.2, 0) is 6.54 Å². The van der Waals surface area contributed by atoms with Gasteiger partial charge < -0.3 is 4.74 Å². The van der Waals surface area contributed by atoms with E-state index in [-0.39, 0.29) is 0 Å². The minimum atomic E-state index is 0.523. The molecule has 1 aromatic carbocycles. The Morgan fingerprint density at radius 2 is 2.18 bits per heavy atom. The minimum absolute atomic E-state index is 0.523. The summed E-state index contributed by atoms with van der Waals surface area (Å²) in [6, 6.07) is 8.76. The molecule has 0 aromatic heterocycles. The lowest BCUT2D eigenvalue weighted by Gasteiger charge is -2.34. The largest absolute Gasteiger partial charge is 0.496 e. The van der Waals surface area contributed by atoms with E-state index in [2.05, 4.69) is 17.0 Å². The first-order valence-corrected chi connectivity index (χ1v) is 6.80. The van der Waals surface area contributed by atoms with Crippen molar-refractivity contribution in [1.29, 1.82) is 0 Å². The molecule has 94 valence electrons. The van der Waals surface area contributed by atoms with Crippen LogP contribution in [0.3, 0.4) is 0 Å². The highest BCUT2D eigenvalue weighted by Crippen LogP contribution is 2.24. The molecule has 2 nitrogen and oxygen atoms in total. The van der Waals surface area contributed by atoms with Gasteiger partial charge in [-0.3, -0.25) is 4.90 Å². The lowest BCUT2D eigenvalue weighted by molar-refractivity contribution is 0.153. The topological polar surface area (TPSA) is 12.5 Å². The first-order chi connectivity index (χ1) is 8.35. The van der Waals surface area contributed by atoms with Gasteiger partial charge in [0.1, 0.15) is 5.75 Å². The third kappa shape index (κ3) is 3.14. The van der Waals surface area contributed by atoms with Gasteiger partial charge in [-0.25, -0.2) is 0 Å². The van der Waals surface area contributed by atoms with Crippen molar-refractivity contribution in [2.24, 2.45) is 0 Å². The van der Waals surface area contributed by atoms with Gasteiger partial charge in [-0.2, -0.15) is 0 Å². The van der Waals surface area contributed by atoms with Crippen molar-refractivity contribution in [3.05, 3.63) is 29.8 Å². The van der Waals surface area contributed by atoms with Gasteiger partial charge in [-0.1, -0.05) is 24.6 Å². The van der Waals surface area contributed by atoms with Crippen LogP contribution in [0.1, 0.15) is 24.8 Å². The Balaban J connectivity index is 2.08. The summed E-state index contributed by atoms with van der Waals surface area (Å²) in [4.78, 5) is 2.48. The molecule has 17 heavy (non-hydrogen) atoms. The summed E-state index contributed by atoms with van der Waals surface area (Å²) in [5, 5.41) is 0. The van der Waals surface area contributed by atoms with Crippen LogP contribution >= 0.6 is 11.6 Å². The summed E-state index contributed by atoms with van der Waals surface area (Å²) in [7, 11) is 1.73. The molecular formula is C14H20ClNO. The molecule has 1 unspecified atom stereocenters. The predicted octanol–water partition coefficient (Wildman–Crippen LogP) is 3.29. The zero-order valence-corrected chi connectivity index (χ0v) is 11.1. The number of likely N-dealkylation sites (tertiary alicyclic amines) is 1. The molecule has 0 bridgehead atoms. The molecule has 1 aliphatic heterocycles. The zero-order chi connectivity index (χ0) is 12.1. The summed E-state index contributed by atoms with van der Waals surface area (Å²) in [5.41, 5.74) is 1.26. The Morgan fingerprint density at radius 3 is 2.94 bits per heavy atom. The Morgan fingerprint density at radius 1 is 1.35 bits per heavy atom. The van der Waals surface area contributed by atoms with E-state index in [1.54, 1.807) is 7.11 Å². The number of hydrogen-bond acceptors (Lipinski definition) is 2. The van der Waals surface area contributed by atoms with Crippen molar-refractivity contribution in [3.63, 3.8) is 0 Å². The van der Waals surface area contributed by atoms with E-state index < -0.39 is 0 Å². The van der Waals surface area contributed by atoms with E-state index in [0.29, 0.717) is 6.04 Å². The summed E-state index contributed by atoms with van der Waals surface area (Å²) >= 11 is 6.04. The molecule has 1 heterocycles. The molecule has 0 amide bonds. The lowest BCUT2D eigenvalue weighted by atomic mass is 10.0. The maximum atomic E-state index is 6.04. The molecule has 0 aliphatic carbocycles. The van der Waals surface area contributed by atoms with Crippen LogP contribution in [0.2, 0.25) is 0 Å². The fraction of sp³-hybridized carbons (Fsp3) is 0.571. The average Bonchev–Trinajstić information content (AvgIpc) is 2.40. The number of halogens is 1. The fourth-order valence-corrected chi connectivity index (χ4v) is 2.84. The second kappa shape index (κ2) is 6.27. The highest BCUT2D eigenvalue weighted by atomic mass is 35.5. The van der Waals surface area contributed by atoms with Crippen LogP contribution in [0.4, 0.5) is 0 Å². The van der Waals surface area contributed by atoms with Crippen molar-refractivity contribution in [1.82, 2.24) is 4.90 Å². The van der Waals surface area contributed by atoms with Crippen LogP contribution in [0.25, 0.3) is 0 Å². The molecule has 1 fully saturated rings. The minimum Gasteiger partial charge on any atom is -0.496 e. The van der Waals surface area contributed by atoms with E-state index in [1.807, 2.05) is 12.1 Å². The fourth-order valence-electron chi connectivity index (χ4n) is 2.50. The quantitative estimate of drug-likeness (QED) is 0.764. The molecule has 1 atom stereocenters. The van der Waals surface area contributed by atoms with Crippen LogP contribution < -0.4 is 4.74 Å². The van der Waals surface area contributed by atoms with E-state index in [0.717, 1.165) is 24.7 Å². The second-order valence-corrected chi connectivity index (χ2v) is 4.89. The van der Waals surface area contributed by atoms with Gasteiger partial charge in [0.05, 0.1) is 7.11 Å². The van der Waals surface area contributed by atoms with Crippen LogP contribution in [0.15, 0.2) is 24.3 Å². The van der Waals surface area contributed by atoms with Gasteiger partial charge in [-0.15, -0.1) is 11.6 Å². The van der Waals surface area contributed by atoms with Crippen molar-refractivity contribution in [2.75, 3.05) is 19.5 Å². The summed E-state index contributed by atoms with van der Waals surface area (Å²) in [5.74, 6) is 1.71. The van der Waals surface area contributed by atoms with E-state index in [4.69, 9.17) is 16.3 Å². The van der Waals surface area contributed by atoms with Gasteiger partial charge in [0, 0.05) is 24.0 Å². The molecule has 1 aromatic rings. The van der Waals surface area contributed by atoms with Crippen LogP contribution in [0, 0.1) is 0 Å². The normalized spacial score (nSPS) is 21.4. The number of methoxy groups -OCH3 is 1. The number of ether oxygens (including phenoxy) is 1. The Kier molecular flexibility index (Phi) is 4.69. The molecule has 0 radical (unpaired) electrons. The monoisotopic (exact) mass is 253 g/mol. The van der Waals surface area contributed by atoms with Crippen LogP contribution in [-0.4, -0.2) is 30.5 Å². The predicted molar refractivity (Wildman–Crippen MR) is 71.8 cm³/mol. The average molecular weight is 254 g/mol. The number of para-hydroxylation sites is 1. The van der Waals surface area contributed by atoms with E-state index >= 15 is 0 Å². The highest BCUT2D eigenvalue weighted by Gasteiger charge is 2.22. The number of nitrogens with zero attached hydrogens (tertiary/aromatic N) is 1. The molecule has 0 saturated carbocycles. The number of rotatable bonds is 4. The van der Waals surface area contributed by atoms with Crippen molar-refractivity contribution in [3.8, 4) is 5.75 Å². The highest BCUT2D eigenvalue weighted by molar-refractivity contribution is 6.18. The molecular weight excluding hydrogens is 234 g/mol. The van der Waals surface area contributed by atoms with Gasteiger partial charge in [0.2, 0.25) is 0 Å². The molecule has 1 aliphatic rings. The number of piperidine rings is 1. The number of benzene rings is 1. The molecule has 0 N–H and O–H groups in total. The second-order valence-electron chi connectivity index (χ2n) is 4.59. The summed E-state index contributed by atoms with van der Waals surface area (Å²) < 4.78 is 5.40. The summed E-state index contributed by atoms with van der Waals surface area (Å²) in [6.45, 7) is 2.09. The summed E-state index contributed by atoms with van der Waals surface area (Å²) in [6.07, 6.45) is 3.81. The maximum Gasteiger partial charge on any atom is 0.123 e. The zero-order valence-electron chi connectivity index (χ0n) is 10.4. The standard InChI is InChI=1S/C14H20ClNO/c1-17-14-8-3-2-6-12(14)11-16-9-5-4-7-13(16)10-15/h2-3,6,8,13H,4-5,7,9-11H2,1H3. The molecule has 3 heteroatoms. The van der Waals surface area contributed by atoms with Gasteiger partial charge in [0.25, 0.3) is 0 Å². The first kappa shape index (κ1) is 12.7. The smallest absolute Gasteiger partial charge is 0.123 e. The molecule has 0 spiro atoms. The van der Waals surface area contributed by atoms with E-state index in [1.165, 1.54) is 24.8 Å². The third-order valence-corrected chi connectivity index (χ3v) is 3.85. The SMILES string of the molecule is COc1ccccc1CN1CCCCC1CCl. The Labute approximate surface area is 109 Å². The van der Waals surface area contributed by atoms with Gasteiger partial charge in [-0.05, 0) is 25.5 Å². The molecule has 1 saturated heterocycles.